The first kappa shape index (κ1) is 23.0. The number of carbonyl (C=O) groups is 2. The average molecular weight is 471 g/mol. The predicted molar refractivity (Wildman–Crippen MR) is 118 cm³/mol. The molecule has 0 bridgehead atoms. The lowest BCUT2D eigenvalue weighted by molar-refractivity contribution is -0.137. The topological polar surface area (TPSA) is 110 Å². The van der Waals surface area contributed by atoms with Gasteiger partial charge in [-0.15, -0.1) is 0 Å². The molecule has 0 aliphatic carbocycles. The summed E-state index contributed by atoms with van der Waals surface area (Å²) in [6.07, 6.45) is -0.00825. The minimum Gasteiger partial charge on any atom is -0.485 e. The second kappa shape index (κ2) is 9.00. The van der Waals surface area contributed by atoms with Crippen LogP contribution in [0.4, 0.5) is 24.5 Å². The number of benzene rings is 1. The second-order valence-electron chi connectivity index (χ2n) is 7.83. The van der Waals surface area contributed by atoms with E-state index >= 15 is 0 Å². The second-order valence-corrected chi connectivity index (χ2v) is 7.83. The first-order chi connectivity index (χ1) is 16.1. The van der Waals surface area contributed by atoms with Gasteiger partial charge in [-0.1, -0.05) is 6.07 Å². The Hall–Kier alpha value is -4.15. The van der Waals surface area contributed by atoms with Crippen molar-refractivity contribution in [1.29, 1.82) is 0 Å². The van der Waals surface area contributed by atoms with Gasteiger partial charge in [-0.25, -0.2) is 0 Å². The van der Waals surface area contributed by atoms with Crippen LogP contribution in [-0.2, 0) is 6.18 Å². The largest absolute Gasteiger partial charge is 0.485 e. The van der Waals surface area contributed by atoms with Crippen LogP contribution in [0.15, 0.2) is 55.1 Å². The van der Waals surface area contributed by atoms with Crippen molar-refractivity contribution in [2.45, 2.75) is 19.2 Å². The zero-order chi connectivity index (χ0) is 24.5. The molecule has 0 unspecified atom stereocenters. The SMILES string of the molecule is Cc1ccc(C(=O)Nc2cncc(C(F)(F)F)c2)cc1N1CC(Oc2cncc(C(N)=O)c2)C1. The molecule has 8 nitrogen and oxygen atoms in total. The molecular formula is C23H20F3N5O3. The van der Waals surface area contributed by atoms with E-state index in [0.29, 0.717) is 30.6 Å². The maximum Gasteiger partial charge on any atom is 0.417 e. The summed E-state index contributed by atoms with van der Waals surface area (Å²) >= 11 is 0. The number of aryl methyl sites for hydroxylation is 1. The first-order valence-corrected chi connectivity index (χ1v) is 10.2. The molecule has 3 aromatic rings. The van der Waals surface area contributed by atoms with Gasteiger partial charge in [-0.05, 0) is 36.8 Å². The molecule has 11 heteroatoms. The van der Waals surface area contributed by atoms with E-state index in [2.05, 4.69) is 15.3 Å². The fourth-order valence-electron chi connectivity index (χ4n) is 3.48. The van der Waals surface area contributed by atoms with E-state index in [-0.39, 0.29) is 17.4 Å². The average Bonchev–Trinajstić information content (AvgIpc) is 2.76. The molecule has 2 amide bonds. The van der Waals surface area contributed by atoms with Crippen molar-refractivity contribution in [3.8, 4) is 5.75 Å². The molecule has 2 aromatic heterocycles. The Morgan fingerprint density at radius 3 is 2.50 bits per heavy atom. The number of ether oxygens (including phenoxy) is 1. The fraction of sp³-hybridized carbons (Fsp3) is 0.217. The highest BCUT2D eigenvalue weighted by Crippen LogP contribution is 2.31. The molecule has 176 valence electrons. The molecule has 1 aliphatic rings. The van der Waals surface area contributed by atoms with Crippen LogP contribution in [-0.4, -0.2) is 41.0 Å². The van der Waals surface area contributed by atoms with Crippen molar-refractivity contribution in [2.24, 2.45) is 5.73 Å². The van der Waals surface area contributed by atoms with Crippen molar-refractivity contribution in [1.82, 2.24) is 9.97 Å². The summed E-state index contributed by atoms with van der Waals surface area (Å²) in [6, 6.07) is 7.40. The summed E-state index contributed by atoms with van der Waals surface area (Å²) in [6.45, 7) is 2.96. The zero-order valence-corrected chi connectivity index (χ0v) is 18.0. The smallest absolute Gasteiger partial charge is 0.417 e. The van der Waals surface area contributed by atoms with Crippen LogP contribution < -0.4 is 20.7 Å². The predicted octanol–water partition coefficient (Wildman–Crippen LogP) is 3.42. The molecule has 3 heterocycles. The Labute approximate surface area is 192 Å². The summed E-state index contributed by atoms with van der Waals surface area (Å²) in [5.74, 6) is -0.717. The molecule has 4 rings (SSSR count). The molecule has 1 aromatic carbocycles. The molecule has 1 fully saturated rings. The van der Waals surface area contributed by atoms with Crippen LogP contribution in [0.1, 0.15) is 31.8 Å². The highest BCUT2D eigenvalue weighted by atomic mass is 19.4. The summed E-state index contributed by atoms with van der Waals surface area (Å²) in [5.41, 5.74) is 6.53. The lowest BCUT2D eigenvalue weighted by Gasteiger charge is -2.41. The van der Waals surface area contributed by atoms with Gasteiger partial charge in [0.25, 0.3) is 5.91 Å². The van der Waals surface area contributed by atoms with Gasteiger partial charge < -0.3 is 20.7 Å². The highest BCUT2D eigenvalue weighted by Gasteiger charge is 2.32. The number of alkyl halides is 3. The van der Waals surface area contributed by atoms with E-state index in [0.717, 1.165) is 23.5 Å². The summed E-state index contributed by atoms with van der Waals surface area (Å²) in [7, 11) is 0. The Kier molecular flexibility index (Phi) is 6.10. The summed E-state index contributed by atoms with van der Waals surface area (Å²) < 4.78 is 44.5. The molecule has 34 heavy (non-hydrogen) atoms. The van der Waals surface area contributed by atoms with Crippen molar-refractivity contribution in [3.05, 3.63) is 77.4 Å². The number of pyridine rings is 2. The Morgan fingerprint density at radius 1 is 1.06 bits per heavy atom. The Morgan fingerprint density at radius 2 is 1.79 bits per heavy atom. The summed E-state index contributed by atoms with van der Waals surface area (Å²) in [5, 5.41) is 2.46. The first-order valence-electron chi connectivity index (χ1n) is 10.2. The number of nitrogens with two attached hydrogens (primary N) is 1. The van der Waals surface area contributed by atoms with E-state index < -0.39 is 23.6 Å². The van der Waals surface area contributed by atoms with Crippen LogP contribution in [0.5, 0.6) is 5.75 Å². The maximum atomic E-state index is 12.9. The van der Waals surface area contributed by atoms with Gasteiger partial charge in [0.2, 0.25) is 5.91 Å². The van der Waals surface area contributed by atoms with Gasteiger partial charge in [-0.3, -0.25) is 19.6 Å². The normalized spacial score (nSPS) is 13.8. The monoisotopic (exact) mass is 471 g/mol. The standard InChI is InChI=1S/C23H20F3N5O3/c1-13-2-3-14(22(33)30-17-6-16(8-29-9-17)23(24,25)26)5-20(13)31-11-19(12-31)34-18-4-15(21(27)32)7-28-10-18/h2-10,19H,11-12H2,1H3,(H2,27,32)(H,30,33). The van der Waals surface area contributed by atoms with Gasteiger partial charge >= 0.3 is 6.18 Å². The zero-order valence-electron chi connectivity index (χ0n) is 18.0. The molecule has 1 aliphatic heterocycles. The lowest BCUT2D eigenvalue weighted by Crippen LogP contribution is -2.54. The van der Waals surface area contributed by atoms with E-state index in [4.69, 9.17) is 10.5 Å². The summed E-state index contributed by atoms with van der Waals surface area (Å²) in [4.78, 5) is 33.4. The van der Waals surface area contributed by atoms with Gasteiger partial charge in [0.1, 0.15) is 11.9 Å². The molecule has 3 N–H and O–H groups in total. The maximum absolute atomic E-state index is 12.9. The highest BCUT2D eigenvalue weighted by molar-refractivity contribution is 6.05. The number of hydrogen-bond acceptors (Lipinski definition) is 6. The van der Waals surface area contributed by atoms with Crippen molar-refractivity contribution in [3.63, 3.8) is 0 Å². The van der Waals surface area contributed by atoms with Crippen molar-refractivity contribution >= 4 is 23.2 Å². The number of nitrogens with zero attached hydrogens (tertiary/aromatic N) is 3. The minimum atomic E-state index is -4.56. The number of nitrogens with one attached hydrogen (secondary N) is 1. The van der Waals surface area contributed by atoms with E-state index in [1.54, 1.807) is 18.2 Å². The molecule has 0 radical (unpaired) electrons. The molecule has 0 saturated carbocycles. The number of halogens is 3. The quantitative estimate of drug-likeness (QED) is 0.570. The van der Waals surface area contributed by atoms with Crippen molar-refractivity contribution < 1.29 is 27.5 Å². The van der Waals surface area contributed by atoms with E-state index in [1.807, 2.05) is 11.8 Å². The van der Waals surface area contributed by atoms with E-state index in [1.165, 1.54) is 18.5 Å². The third-order valence-electron chi connectivity index (χ3n) is 5.28. The third-order valence-corrected chi connectivity index (χ3v) is 5.28. The van der Waals surface area contributed by atoms with Gasteiger partial charge in [-0.2, -0.15) is 13.2 Å². The van der Waals surface area contributed by atoms with Gasteiger partial charge in [0.15, 0.2) is 0 Å². The molecule has 0 spiro atoms. The van der Waals surface area contributed by atoms with Crippen LogP contribution in [0.3, 0.4) is 0 Å². The fourth-order valence-corrected chi connectivity index (χ4v) is 3.48. The van der Waals surface area contributed by atoms with Gasteiger partial charge in [0.05, 0.1) is 42.3 Å². The molecule has 1 saturated heterocycles. The van der Waals surface area contributed by atoms with Crippen LogP contribution in [0, 0.1) is 6.92 Å². The molecule has 0 atom stereocenters. The number of carbonyl (C=O) groups excluding carboxylic acids is 2. The Balaban J connectivity index is 1.42. The Bertz CT molecular complexity index is 1240. The van der Waals surface area contributed by atoms with Crippen LogP contribution >= 0.6 is 0 Å². The van der Waals surface area contributed by atoms with Crippen LogP contribution in [0.25, 0.3) is 0 Å². The number of amides is 2. The van der Waals surface area contributed by atoms with E-state index in [9.17, 15) is 22.8 Å². The number of primary amides is 1. The van der Waals surface area contributed by atoms with Gasteiger partial charge in [0, 0.05) is 23.6 Å². The number of aromatic nitrogens is 2. The number of rotatable bonds is 6. The number of anilines is 2. The van der Waals surface area contributed by atoms with Crippen molar-refractivity contribution in [2.75, 3.05) is 23.3 Å². The molecular weight excluding hydrogens is 451 g/mol. The third kappa shape index (κ3) is 5.08. The van der Waals surface area contributed by atoms with Crippen LogP contribution in [0.2, 0.25) is 0 Å². The lowest BCUT2D eigenvalue weighted by atomic mass is 10.0. The number of hydrogen-bond donors (Lipinski definition) is 2. The minimum absolute atomic E-state index is 0.0498.